The van der Waals surface area contributed by atoms with Crippen LogP contribution in [0.1, 0.15) is 12.8 Å². The molecule has 96 valence electrons. The zero-order chi connectivity index (χ0) is 12.7. The van der Waals surface area contributed by atoms with Gasteiger partial charge in [-0.1, -0.05) is 11.6 Å². The molecule has 0 heterocycles. The van der Waals surface area contributed by atoms with E-state index in [1.807, 2.05) is 0 Å². The molecule has 0 fully saturated rings. The van der Waals surface area contributed by atoms with Crippen molar-refractivity contribution in [2.24, 2.45) is 0 Å². The van der Waals surface area contributed by atoms with Crippen molar-refractivity contribution in [3.63, 3.8) is 0 Å². The number of unbranched alkanes of at least 4 members (excludes halogenated alkanes) is 1. The first-order valence-corrected chi connectivity index (χ1v) is 7.16. The summed E-state index contributed by atoms with van der Waals surface area (Å²) in [6, 6.07) is 6.09. The van der Waals surface area contributed by atoms with Gasteiger partial charge in [0, 0.05) is 25.3 Å². The summed E-state index contributed by atoms with van der Waals surface area (Å²) in [5.74, 6) is 0. The molecule has 4 nitrogen and oxygen atoms in total. The van der Waals surface area contributed by atoms with Gasteiger partial charge in [0.25, 0.3) is 0 Å². The lowest BCUT2D eigenvalue weighted by Gasteiger charge is -2.06. The van der Waals surface area contributed by atoms with Crippen molar-refractivity contribution < 1.29 is 13.2 Å². The summed E-state index contributed by atoms with van der Waals surface area (Å²) >= 11 is 5.69. The molecular weight excluding hydrogens is 262 g/mol. The van der Waals surface area contributed by atoms with Crippen LogP contribution in [0, 0.1) is 0 Å². The first-order valence-electron chi connectivity index (χ1n) is 5.30. The number of methoxy groups -OCH3 is 1. The number of halogens is 1. The second-order valence-electron chi connectivity index (χ2n) is 3.55. The van der Waals surface area contributed by atoms with Crippen molar-refractivity contribution in [3.8, 4) is 0 Å². The number of rotatable bonds is 7. The Kier molecular flexibility index (Phi) is 5.91. The lowest BCUT2D eigenvalue weighted by molar-refractivity contribution is 0.193. The first-order chi connectivity index (χ1) is 8.06. The predicted octanol–water partition coefficient (Wildman–Crippen LogP) is 2.04. The molecule has 0 aromatic heterocycles. The SMILES string of the molecule is COCCCCNS(=O)(=O)c1ccc(Cl)cc1. The number of nitrogens with one attached hydrogen (secondary N) is 1. The number of benzene rings is 1. The van der Waals surface area contributed by atoms with Crippen LogP contribution in [-0.2, 0) is 14.8 Å². The van der Waals surface area contributed by atoms with E-state index in [0.717, 1.165) is 12.8 Å². The Morgan fingerprint density at radius 2 is 1.88 bits per heavy atom. The first kappa shape index (κ1) is 14.4. The minimum atomic E-state index is -3.41. The zero-order valence-corrected chi connectivity index (χ0v) is 11.2. The monoisotopic (exact) mass is 277 g/mol. The van der Waals surface area contributed by atoms with E-state index >= 15 is 0 Å². The maximum Gasteiger partial charge on any atom is 0.240 e. The van der Waals surface area contributed by atoms with Gasteiger partial charge >= 0.3 is 0 Å². The number of hydrogen-bond donors (Lipinski definition) is 1. The van der Waals surface area contributed by atoms with Crippen LogP contribution >= 0.6 is 11.6 Å². The van der Waals surface area contributed by atoms with Crippen molar-refractivity contribution in [1.29, 1.82) is 0 Å². The van der Waals surface area contributed by atoms with Crippen LogP contribution in [0.25, 0.3) is 0 Å². The molecule has 0 spiro atoms. The fourth-order valence-corrected chi connectivity index (χ4v) is 2.48. The number of sulfonamides is 1. The quantitative estimate of drug-likeness (QED) is 0.776. The van der Waals surface area contributed by atoms with Crippen molar-refractivity contribution >= 4 is 21.6 Å². The van der Waals surface area contributed by atoms with Gasteiger partial charge < -0.3 is 4.74 Å². The van der Waals surface area contributed by atoms with E-state index in [1.54, 1.807) is 19.2 Å². The summed E-state index contributed by atoms with van der Waals surface area (Å²) in [5, 5.41) is 0.518. The molecule has 0 aliphatic heterocycles. The molecule has 0 saturated carbocycles. The summed E-state index contributed by atoms with van der Waals surface area (Å²) < 4.78 is 31.0. The van der Waals surface area contributed by atoms with E-state index in [4.69, 9.17) is 16.3 Å². The van der Waals surface area contributed by atoms with Crippen LogP contribution in [-0.4, -0.2) is 28.7 Å². The fourth-order valence-electron chi connectivity index (χ4n) is 1.28. The standard InChI is InChI=1S/C11H16ClNO3S/c1-16-9-3-2-8-13-17(14,15)11-6-4-10(12)5-7-11/h4-7,13H,2-3,8-9H2,1H3. The minimum Gasteiger partial charge on any atom is -0.385 e. The van der Waals surface area contributed by atoms with Crippen molar-refractivity contribution in [3.05, 3.63) is 29.3 Å². The molecule has 0 aliphatic rings. The summed E-state index contributed by atoms with van der Waals surface area (Å²) in [7, 11) is -1.79. The molecule has 1 aromatic rings. The van der Waals surface area contributed by atoms with Crippen molar-refractivity contribution in [2.45, 2.75) is 17.7 Å². The van der Waals surface area contributed by atoms with Crippen LogP contribution in [0.5, 0.6) is 0 Å². The van der Waals surface area contributed by atoms with E-state index in [0.29, 0.717) is 18.2 Å². The molecule has 0 radical (unpaired) electrons. The molecule has 1 rings (SSSR count). The topological polar surface area (TPSA) is 55.4 Å². The molecule has 1 aromatic carbocycles. The molecule has 17 heavy (non-hydrogen) atoms. The normalized spacial score (nSPS) is 11.6. The van der Waals surface area contributed by atoms with E-state index in [2.05, 4.69) is 4.72 Å². The van der Waals surface area contributed by atoms with E-state index < -0.39 is 10.0 Å². The van der Waals surface area contributed by atoms with Gasteiger partial charge in [-0.15, -0.1) is 0 Å². The number of ether oxygens (including phenoxy) is 1. The van der Waals surface area contributed by atoms with Gasteiger partial charge in [0.15, 0.2) is 0 Å². The Balaban J connectivity index is 2.48. The highest BCUT2D eigenvalue weighted by Gasteiger charge is 2.12. The maximum absolute atomic E-state index is 11.8. The third-order valence-corrected chi connectivity index (χ3v) is 3.92. The van der Waals surface area contributed by atoms with Crippen LogP contribution in [0.3, 0.4) is 0 Å². The molecule has 0 aliphatic carbocycles. The summed E-state index contributed by atoms with van der Waals surface area (Å²) in [5.41, 5.74) is 0. The van der Waals surface area contributed by atoms with E-state index in [1.165, 1.54) is 12.1 Å². The second-order valence-corrected chi connectivity index (χ2v) is 5.75. The Labute approximate surface area is 107 Å². The highest BCUT2D eigenvalue weighted by Crippen LogP contribution is 2.13. The molecule has 0 atom stereocenters. The third-order valence-electron chi connectivity index (χ3n) is 2.19. The lowest BCUT2D eigenvalue weighted by Crippen LogP contribution is -2.24. The van der Waals surface area contributed by atoms with Crippen LogP contribution in [0.4, 0.5) is 0 Å². The summed E-state index contributed by atoms with van der Waals surface area (Å²) in [6.45, 7) is 1.05. The largest absolute Gasteiger partial charge is 0.385 e. The van der Waals surface area contributed by atoms with Gasteiger partial charge in [0.05, 0.1) is 4.90 Å². The second kappa shape index (κ2) is 6.96. The molecule has 0 saturated heterocycles. The Morgan fingerprint density at radius 1 is 1.24 bits per heavy atom. The molecule has 0 amide bonds. The van der Waals surface area contributed by atoms with Crippen LogP contribution in [0.15, 0.2) is 29.2 Å². The third kappa shape index (κ3) is 5.04. The van der Waals surface area contributed by atoms with Gasteiger partial charge in [-0.2, -0.15) is 0 Å². The average molecular weight is 278 g/mol. The van der Waals surface area contributed by atoms with Gasteiger partial charge in [-0.25, -0.2) is 13.1 Å². The summed E-state index contributed by atoms with van der Waals surface area (Å²) in [6.07, 6.45) is 1.58. The molecule has 0 bridgehead atoms. The Hall–Kier alpha value is -0.620. The lowest BCUT2D eigenvalue weighted by atomic mass is 10.3. The zero-order valence-electron chi connectivity index (χ0n) is 9.65. The molecular formula is C11H16ClNO3S. The highest BCUT2D eigenvalue weighted by molar-refractivity contribution is 7.89. The minimum absolute atomic E-state index is 0.230. The maximum atomic E-state index is 11.8. The van der Waals surface area contributed by atoms with Gasteiger partial charge in [0.1, 0.15) is 0 Å². The Morgan fingerprint density at radius 3 is 2.47 bits per heavy atom. The smallest absolute Gasteiger partial charge is 0.240 e. The molecule has 6 heteroatoms. The predicted molar refractivity (Wildman–Crippen MR) is 67.8 cm³/mol. The average Bonchev–Trinajstić information content (AvgIpc) is 2.29. The van der Waals surface area contributed by atoms with Gasteiger partial charge in [-0.3, -0.25) is 0 Å². The molecule has 1 N–H and O–H groups in total. The van der Waals surface area contributed by atoms with Crippen molar-refractivity contribution in [2.75, 3.05) is 20.3 Å². The molecule has 0 unspecified atom stereocenters. The Bertz CT molecular complexity index is 431. The van der Waals surface area contributed by atoms with Crippen molar-refractivity contribution in [1.82, 2.24) is 4.72 Å². The van der Waals surface area contributed by atoms with Gasteiger partial charge in [-0.05, 0) is 37.1 Å². The fraction of sp³-hybridized carbons (Fsp3) is 0.455. The highest BCUT2D eigenvalue weighted by atomic mass is 35.5. The van der Waals surface area contributed by atoms with Crippen LogP contribution in [0.2, 0.25) is 5.02 Å². The summed E-state index contributed by atoms with van der Waals surface area (Å²) in [4.78, 5) is 0.230. The van der Waals surface area contributed by atoms with Gasteiger partial charge in [0.2, 0.25) is 10.0 Å². The van der Waals surface area contributed by atoms with E-state index in [-0.39, 0.29) is 4.90 Å². The van der Waals surface area contributed by atoms with E-state index in [9.17, 15) is 8.42 Å². The number of hydrogen-bond acceptors (Lipinski definition) is 3. The van der Waals surface area contributed by atoms with Crippen LogP contribution < -0.4 is 4.72 Å².